The molecule has 2 nitrogen and oxygen atoms in total. The Hall–Kier alpha value is -1.80. The van der Waals surface area contributed by atoms with Gasteiger partial charge in [0, 0.05) is 32.0 Å². The Morgan fingerprint density at radius 1 is 0.857 bits per heavy atom. The standard InChI is InChI=1S/C19H24N2/c1-2-8-18(9-3-1)19-10-16-21(17-11-19)15-7-6-14-20-12-4-5-13-20/h1-5,8-10,12-13H,6-7,11,14-17H2. The minimum atomic E-state index is 1.10. The largest absolute Gasteiger partial charge is 0.354 e. The second-order valence-electron chi connectivity index (χ2n) is 5.77. The topological polar surface area (TPSA) is 8.17 Å². The van der Waals surface area contributed by atoms with Crippen LogP contribution in [-0.4, -0.2) is 29.1 Å². The molecule has 0 saturated heterocycles. The quantitative estimate of drug-likeness (QED) is 0.725. The number of aromatic nitrogens is 1. The molecular formula is C19H24N2. The average molecular weight is 280 g/mol. The van der Waals surface area contributed by atoms with Crippen LogP contribution >= 0.6 is 0 Å². The molecule has 0 fully saturated rings. The molecule has 21 heavy (non-hydrogen) atoms. The van der Waals surface area contributed by atoms with Crippen LogP contribution in [-0.2, 0) is 6.54 Å². The summed E-state index contributed by atoms with van der Waals surface area (Å²) in [6.07, 6.45) is 10.4. The Labute approximate surface area is 127 Å². The van der Waals surface area contributed by atoms with Crippen LogP contribution in [0.3, 0.4) is 0 Å². The summed E-state index contributed by atoms with van der Waals surface area (Å²) < 4.78 is 2.27. The first-order valence-electron chi connectivity index (χ1n) is 7.99. The first-order valence-corrected chi connectivity index (χ1v) is 7.99. The van der Waals surface area contributed by atoms with Crippen molar-refractivity contribution >= 4 is 5.57 Å². The van der Waals surface area contributed by atoms with E-state index in [1.807, 2.05) is 0 Å². The Bertz CT molecular complexity index is 555. The molecule has 0 spiro atoms. The zero-order valence-corrected chi connectivity index (χ0v) is 12.6. The molecule has 110 valence electrons. The Balaban J connectivity index is 1.40. The van der Waals surface area contributed by atoms with E-state index in [1.54, 1.807) is 0 Å². The van der Waals surface area contributed by atoms with Crippen LogP contribution in [0.5, 0.6) is 0 Å². The highest BCUT2D eigenvalue weighted by Gasteiger charge is 2.12. The molecule has 0 aliphatic carbocycles. The van der Waals surface area contributed by atoms with Gasteiger partial charge in [-0.05, 0) is 49.1 Å². The summed E-state index contributed by atoms with van der Waals surface area (Å²) in [5, 5.41) is 0. The maximum absolute atomic E-state index is 2.57. The van der Waals surface area contributed by atoms with Crippen molar-refractivity contribution in [3.63, 3.8) is 0 Å². The smallest absolute Gasteiger partial charge is 0.0220 e. The second kappa shape index (κ2) is 7.28. The van der Waals surface area contributed by atoms with Crippen molar-refractivity contribution in [2.24, 2.45) is 0 Å². The van der Waals surface area contributed by atoms with E-state index in [4.69, 9.17) is 0 Å². The summed E-state index contributed by atoms with van der Waals surface area (Å²) in [5.74, 6) is 0. The summed E-state index contributed by atoms with van der Waals surface area (Å²) in [5.41, 5.74) is 2.91. The molecule has 2 heterocycles. The number of hydrogen-bond donors (Lipinski definition) is 0. The highest BCUT2D eigenvalue weighted by Crippen LogP contribution is 2.22. The van der Waals surface area contributed by atoms with E-state index in [9.17, 15) is 0 Å². The van der Waals surface area contributed by atoms with Gasteiger partial charge < -0.3 is 4.57 Å². The van der Waals surface area contributed by atoms with Gasteiger partial charge >= 0.3 is 0 Å². The Kier molecular flexibility index (Phi) is 4.90. The maximum Gasteiger partial charge on any atom is 0.0220 e. The normalized spacial score (nSPS) is 15.9. The van der Waals surface area contributed by atoms with Gasteiger partial charge in [-0.3, -0.25) is 4.90 Å². The van der Waals surface area contributed by atoms with Gasteiger partial charge in [0.15, 0.2) is 0 Å². The fraction of sp³-hybridized carbons (Fsp3) is 0.368. The summed E-state index contributed by atoms with van der Waals surface area (Å²) in [6.45, 7) is 4.67. The molecular weight excluding hydrogens is 256 g/mol. The molecule has 1 aliphatic rings. The van der Waals surface area contributed by atoms with Crippen molar-refractivity contribution in [1.82, 2.24) is 9.47 Å². The fourth-order valence-electron chi connectivity index (χ4n) is 2.98. The van der Waals surface area contributed by atoms with Crippen LogP contribution in [0.15, 0.2) is 60.9 Å². The monoisotopic (exact) mass is 280 g/mol. The van der Waals surface area contributed by atoms with Crippen LogP contribution in [0, 0.1) is 0 Å². The van der Waals surface area contributed by atoms with Gasteiger partial charge in [0.2, 0.25) is 0 Å². The van der Waals surface area contributed by atoms with Crippen molar-refractivity contribution in [2.75, 3.05) is 19.6 Å². The highest BCUT2D eigenvalue weighted by atomic mass is 15.1. The second-order valence-corrected chi connectivity index (χ2v) is 5.77. The highest BCUT2D eigenvalue weighted by molar-refractivity contribution is 5.66. The molecule has 1 aromatic heterocycles. The van der Waals surface area contributed by atoms with E-state index in [1.165, 1.54) is 43.5 Å². The van der Waals surface area contributed by atoms with Crippen molar-refractivity contribution < 1.29 is 0 Å². The summed E-state index contributed by atoms with van der Waals surface area (Å²) in [7, 11) is 0. The number of unbranched alkanes of at least 4 members (excludes halogenated alkanes) is 1. The van der Waals surface area contributed by atoms with Gasteiger partial charge in [0.1, 0.15) is 0 Å². The third-order valence-corrected chi connectivity index (χ3v) is 4.24. The Morgan fingerprint density at radius 3 is 2.33 bits per heavy atom. The molecule has 2 heteroatoms. The maximum atomic E-state index is 2.57. The minimum Gasteiger partial charge on any atom is -0.354 e. The van der Waals surface area contributed by atoms with Crippen molar-refractivity contribution in [2.45, 2.75) is 25.8 Å². The predicted octanol–water partition coefficient (Wildman–Crippen LogP) is 4.06. The summed E-state index contributed by atoms with van der Waals surface area (Å²) >= 11 is 0. The van der Waals surface area contributed by atoms with E-state index < -0.39 is 0 Å². The van der Waals surface area contributed by atoms with Crippen molar-refractivity contribution in [1.29, 1.82) is 0 Å². The molecule has 1 aliphatic heterocycles. The molecule has 0 saturated carbocycles. The fourth-order valence-corrected chi connectivity index (χ4v) is 2.98. The third-order valence-electron chi connectivity index (χ3n) is 4.24. The SMILES string of the molecule is C1=C(c2ccccc2)CCN(CCCCn2cccc2)C1. The third kappa shape index (κ3) is 4.08. The lowest BCUT2D eigenvalue weighted by Crippen LogP contribution is -2.29. The lowest BCUT2D eigenvalue weighted by Gasteiger charge is -2.26. The first-order chi connectivity index (χ1) is 10.4. The number of nitrogens with zero attached hydrogens (tertiary/aromatic N) is 2. The molecule has 0 atom stereocenters. The van der Waals surface area contributed by atoms with Crippen molar-refractivity contribution in [3.05, 3.63) is 66.5 Å². The van der Waals surface area contributed by atoms with Gasteiger partial charge in [-0.15, -0.1) is 0 Å². The van der Waals surface area contributed by atoms with Crippen LogP contribution in [0.25, 0.3) is 5.57 Å². The van der Waals surface area contributed by atoms with Crippen molar-refractivity contribution in [3.8, 4) is 0 Å². The molecule has 0 radical (unpaired) electrons. The number of rotatable bonds is 6. The van der Waals surface area contributed by atoms with E-state index in [2.05, 4.69) is 70.4 Å². The lowest BCUT2D eigenvalue weighted by molar-refractivity contribution is 0.292. The molecule has 2 aromatic rings. The van der Waals surface area contributed by atoms with Gasteiger partial charge in [-0.25, -0.2) is 0 Å². The van der Waals surface area contributed by atoms with E-state index in [-0.39, 0.29) is 0 Å². The number of aryl methyl sites for hydroxylation is 1. The van der Waals surface area contributed by atoms with E-state index >= 15 is 0 Å². The van der Waals surface area contributed by atoms with E-state index in [0.717, 1.165) is 13.1 Å². The predicted molar refractivity (Wildman–Crippen MR) is 89.1 cm³/mol. The van der Waals surface area contributed by atoms with Crippen LogP contribution < -0.4 is 0 Å². The lowest BCUT2D eigenvalue weighted by atomic mass is 9.99. The molecule has 0 N–H and O–H groups in total. The molecule has 0 unspecified atom stereocenters. The van der Waals surface area contributed by atoms with Gasteiger partial charge in [0.05, 0.1) is 0 Å². The number of hydrogen-bond acceptors (Lipinski definition) is 1. The van der Waals surface area contributed by atoms with Gasteiger partial charge in [0.25, 0.3) is 0 Å². The van der Waals surface area contributed by atoms with Crippen LogP contribution in [0.2, 0.25) is 0 Å². The van der Waals surface area contributed by atoms with Gasteiger partial charge in [-0.1, -0.05) is 36.4 Å². The average Bonchev–Trinajstić information content (AvgIpc) is 3.06. The van der Waals surface area contributed by atoms with E-state index in [0.29, 0.717) is 0 Å². The molecule has 0 bridgehead atoms. The molecule has 1 aromatic carbocycles. The summed E-state index contributed by atoms with van der Waals surface area (Å²) in [4.78, 5) is 2.57. The molecule has 0 amide bonds. The number of benzene rings is 1. The summed E-state index contributed by atoms with van der Waals surface area (Å²) in [6, 6.07) is 15.0. The van der Waals surface area contributed by atoms with Crippen LogP contribution in [0.1, 0.15) is 24.8 Å². The first kappa shape index (κ1) is 14.2. The minimum absolute atomic E-state index is 1.10. The zero-order valence-electron chi connectivity index (χ0n) is 12.6. The van der Waals surface area contributed by atoms with Gasteiger partial charge in [-0.2, -0.15) is 0 Å². The van der Waals surface area contributed by atoms with Crippen LogP contribution in [0.4, 0.5) is 0 Å². The molecule has 3 rings (SSSR count). The Morgan fingerprint density at radius 2 is 1.62 bits per heavy atom. The zero-order chi connectivity index (χ0) is 14.3.